The molecule has 8 heteroatoms. The Bertz CT molecular complexity index is 462. The highest BCUT2D eigenvalue weighted by molar-refractivity contribution is 7.82. The predicted octanol–water partition coefficient (Wildman–Crippen LogP) is 1.09. The second-order valence-electron chi connectivity index (χ2n) is 5.91. The quantitative estimate of drug-likeness (QED) is 0.819. The maximum absolute atomic E-state index is 11.8. The number of rotatable bonds is 2. The molecule has 0 aromatic rings. The van der Waals surface area contributed by atoms with E-state index >= 15 is 0 Å². The molecule has 0 spiro atoms. The summed E-state index contributed by atoms with van der Waals surface area (Å²) in [5.74, 6) is 0. The first kappa shape index (κ1) is 14.5. The largest absolute Gasteiger partial charge is 0.444 e. The molecule has 0 aromatic carbocycles. The second-order valence-corrected chi connectivity index (χ2v) is 7.16. The molecule has 1 saturated heterocycles. The Morgan fingerprint density at radius 2 is 2.00 bits per heavy atom. The van der Waals surface area contributed by atoms with E-state index in [1.807, 2.05) is 0 Å². The number of ether oxygens (including phenoxy) is 1. The molecule has 2 rings (SSSR count). The van der Waals surface area contributed by atoms with Crippen molar-refractivity contribution in [3.63, 3.8) is 0 Å². The minimum Gasteiger partial charge on any atom is -0.444 e. The zero-order chi connectivity index (χ0) is 14.3. The van der Waals surface area contributed by atoms with Gasteiger partial charge in [0.25, 0.3) is 0 Å². The average molecular weight is 293 g/mol. The van der Waals surface area contributed by atoms with Gasteiger partial charge in [0.15, 0.2) is 0 Å². The number of hydrogen-bond acceptors (Lipinski definition) is 6. The van der Waals surface area contributed by atoms with Crippen LogP contribution in [0, 0.1) is 0 Å². The van der Waals surface area contributed by atoms with E-state index in [1.54, 1.807) is 20.8 Å². The Morgan fingerprint density at radius 3 is 2.37 bits per heavy atom. The van der Waals surface area contributed by atoms with Crippen molar-refractivity contribution in [1.29, 1.82) is 0 Å². The zero-order valence-electron chi connectivity index (χ0n) is 11.3. The fraction of sp³-hybridized carbons (Fsp3) is 0.909. The number of carbonyl (C=O) groups is 1. The van der Waals surface area contributed by atoms with Crippen molar-refractivity contribution in [2.75, 3.05) is 6.61 Å². The molecule has 1 saturated carbocycles. The third kappa shape index (κ3) is 3.37. The maximum atomic E-state index is 11.8. The molecule has 2 aliphatic rings. The molecular weight excluding hydrogens is 274 g/mol. The van der Waals surface area contributed by atoms with E-state index in [0.717, 1.165) is 6.42 Å². The van der Waals surface area contributed by atoms with Crippen LogP contribution in [0.4, 0.5) is 4.79 Å². The summed E-state index contributed by atoms with van der Waals surface area (Å²) < 4.78 is 36.9. The molecular formula is C11H19NO6S. The highest BCUT2D eigenvalue weighted by Crippen LogP contribution is 2.39. The van der Waals surface area contributed by atoms with E-state index in [9.17, 15) is 13.2 Å². The Labute approximate surface area is 112 Å². The van der Waals surface area contributed by atoms with Gasteiger partial charge in [0, 0.05) is 0 Å². The fourth-order valence-corrected chi connectivity index (χ4v) is 3.06. The van der Waals surface area contributed by atoms with Crippen LogP contribution in [0.2, 0.25) is 0 Å². The number of carbonyl (C=O) groups excluding carboxylic acids is 1. The van der Waals surface area contributed by atoms with E-state index in [4.69, 9.17) is 8.92 Å². The van der Waals surface area contributed by atoms with Gasteiger partial charge in [-0.05, 0) is 40.0 Å². The third-order valence-corrected chi connectivity index (χ3v) is 4.10. The van der Waals surface area contributed by atoms with Gasteiger partial charge in [-0.25, -0.2) is 13.2 Å². The van der Waals surface area contributed by atoms with Crippen molar-refractivity contribution in [3.8, 4) is 0 Å². The van der Waals surface area contributed by atoms with Crippen LogP contribution < -0.4 is 5.32 Å². The summed E-state index contributed by atoms with van der Waals surface area (Å²) in [5, 5.41) is 2.74. The molecule has 0 aromatic heterocycles. The number of nitrogens with one attached hydrogen (secondary N) is 1. The van der Waals surface area contributed by atoms with Crippen molar-refractivity contribution in [2.24, 2.45) is 0 Å². The van der Waals surface area contributed by atoms with Crippen LogP contribution >= 0.6 is 0 Å². The lowest BCUT2D eigenvalue weighted by Crippen LogP contribution is -2.62. The summed E-state index contributed by atoms with van der Waals surface area (Å²) in [5.41, 5.74) is -1.31. The van der Waals surface area contributed by atoms with Crippen LogP contribution in [0.3, 0.4) is 0 Å². The molecule has 1 aliphatic heterocycles. The van der Waals surface area contributed by atoms with E-state index < -0.39 is 33.7 Å². The van der Waals surface area contributed by atoms with Gasteiger partial charge in [-0.1, -0.05) is 0 Å². The van der Waals surface area contributed by atoms with Gasteiger partial charge in [0.05, 0.1) is 12.1 Å². The van der Waals surface area contributed by atoms with E-state index in [-0.39, 0.29) is 6.61 Å². The lowest BCUT2D eigenvalue weighted by molar-refractivity contribution is 0.00842. The van der Waals surface area contributed by atoms with E-state index in [0.29, 0.717) is 12.8 Å². The second kappa shape index (κ2) is 4.60. The molecule has 1 unspecified atom stereocenters. The molecule has 1 amide bonds. The van der Waals surface area contributed by atoms with E-state index in [1.165, 1.54) is 0 Å². The van der Waals surface area contributed by atoms with Gasteiger partial charge in [-0.2, -0.15) is 8.42 Å². The normalized spacial score (nSPS) is 28.5. The van der Waals surface area contributed by atoms with Crippen molar-refractivity contribution in [2.45, 2.75) is 57.3 Å². The SMILES string of the molecule is CC(C)(C)OC(=O)NC1(C2COS(=O)(=O)O2)CCC1. The molecule has 1 atom stereocenters. The van der Waals surface area contributed by atoms with Crippen molar-refractivity contribution in [1.82, 2.24) is 5.32 Å². The first-order valence-corrected chi connectivity index (χ1v) is 7.54. The van der Waals surface area contributed by atoms with Gasteiger partial charge < -0.3 is 10.1 Å². The molecule has 1 heterocycles. The number of alkyl carbamates (subject to hydrolysis) is 1. The minimum absolute atomic E-state index is 0.0713. The van der Waals surface area contributed by atoms with Crippen molar-refractivity contribution in [3.05, 3.63) is 0 Å². The summed E-state index contributed by atoms with van der Waals surface area (Å²) in [4.78, 5) is 11.8. The van der Waals surface area contributed by atoms with Crippen molar-refractivity contribution >= 4 is 16.5 Å². The standard InChI is InChI=1S/C11H19NO6S/c1-10(2,3)17-9(13)12-11(5-4-6-11)8-7-16-19(14,15)18-8/h8H,4-7H2,1-3H3,(H,12,13). The molecule has 2 fully saturated rings. The van der Waals surface area contributed by atoms with E-state index in [2.05, 4.69) is 9.50 Å². The molecule has 7 nitrogen and oxygen atoms in total. The smallest absolute Gasteiger partial charge is 0.408 e. The first-order chi connectivity index (χ1) is 8.62. The Balaban J connectivity index is 2.02. The highest BCUT2D eigenvalue weighted by atomic mass is 32.3. The Hall–Kier alpha value is -0.860. The zero-order valence-corrected chi connectivity index (χ0v) is 12.1. The van der Waals surface area contributed by atoms with Gasteiger partial charge in [0.1, 0.15) is 11.7 Å². The van der Waals surface area contributed by atoms with Crippen LogP contribution in [0.15, 0.2) is 0 Å². The fourth-order valence-electron chi connectivity index (χ4n) is 2.19. The Kier molecular flexibility index (Phi) is 3.53. The third-order valence-electron chi connectivity index (χ3n) is 3.21. The first-order valence-electron chi connectivity index (χ1n) is 6.21. The summed E-state index contributed by atoms with van der Waals surface area (Å²) in [6, 6.07) is 0. The number of hydrogen-bond donors (Lipinski definition) is 1. The van der Waals surface area contributed by atoms with Crippen LogP contribution in [0.5, 0.6) is 0 Å². The summed E-state index contributed by atoms with van der Waals surface area (Å²) in [7, 11) is -3.92. The lowest BCUT2D eigenvalue weighted by Gasteiger charge is -2.44. The van der Waals surface area contributed by atoms with Crippen LogP contribution in [0.1, 0.15) is 40.0 Å². The lowest BCUT2D eigenvalue weighted by atomic mass is 9.73. The summed E-state index contributed by atoms with van der Waals surface area (Å²) in [6.07, 6.45) is 0.945. The highest BCUT2D eigenvalue weighted by Gasteiger charge is 2.52. The topological polar surface area (TPSA) is 90.9 Å². The molecule has 0 bridgehead atoms. The minimum atomic E-state index is -3.92. The maximum Gasteiger partial charge on any atom is 0.408 e. The van der Waals surface area contributed by atoms with Gasteiger partial charge in [-0.15, -0.1) is 0 Å². The summed E-state index contributed by atoms with van der Waals surface area (Å²) >= 11 is 0. The van der Waals surface area contributed by atoms with Gasteiger partial charge in [0.2, 0.25) is 0 Å². The van der Waals surface area contributed by atoms with Crippen LogP contribution in [-0.2, 0) is 23.5 Å². The van der Waals surface area contributed by atoms with Crippen LogP contribution in [0.25, 0.3) is 0 Å². The van der Waals surface area contributed by atoms with Gasteiger partial charge in [-0.3, -0.25) is 0 Å². The van der Waals surface area contributed by atoms with Crippen LogP contribution in [-0.4, -0.2) is 38.4 Å². The molecule has 0 radical (unpaired) electrons. The molecule has 1 N–H and O–H groups in total. The Morgan fingerprint density at radius 1 is 1.37 bits per heavy atom. The monoisotopic (exact) mass is 293 g/mol. The average Bonchev–Trinajstić information content (AvgIpc) is 2.49. The molecule has 110 valence electrons. The molecule has 1 aliphatic carbocycles. The predicted molar refractivity (Wildman–Crippen MR) is 65.7 cm³/mol. The van der Waals surface area contributed by atoms with Crippen molar-refractivity contribution < 1.29 is 26.3 Å². The summed E-state index contributed by atoms with van der Waals surface area (Å²) in [6.45, 7) is 5.22. The van der Waals surface area contributed by atoms with Gasteiger partial charge >= 0.3 is 16.5 Å². The number of amides is 1. The molecule has 19 heavy (non-hydrogen) atoms.